The first-order valence-corrected chi connectivity index (χ1v) is 10.9. The highest BCUT2D eigenvalue weighted by molar-refractivity contribution is 5.99. The minimum Gasteiger partial charge on any atom is -0.504 e. The minimum absolute atomic E-state index is 0.0239. The van der Waals surface area contributed by atoms with Gasteiger partial charge in [0.15, 0.2) is 17.5 Å². The average Bonchev–Trinajstić information content (AvgIpc) is 3.21. The second-order valence-electron chi connectivity index (χ2n) is 8.13. The molecule has 1 saturated carbocycles. The normalized spacial score (nSPS) is 15.7. The number of ether oxygens (including phenoxy) is 1. The molecule has 0 aliphatic heterocycles. The maximum absolute atomic E-state index is 12.2. The maximum Gasteiger partial charge on any atom is 0.188 e. The summed E-state index contributed by atoms with van der Waals surface area (Å²) in [6, 6.07) is 5.35. The van der Waals surface area contributed by atoms with E-state index in [0.29, 0.717) is 37.4 Å². The number of carbonyl (C=O) groups excluding carboxylic acids is 2. The Morgan fingerprint density at radius 1 is 1.27 bits per heavy atom. The molecule has 30 heavy (non-hydrogen) atoms. The lowest BCUT2D eigenvalue weighted by Gasteiger charge is -2.15. The lowest BCUT2D eigenvalue weighted by atomic mass is 10.0. The number of carbonyl (C=O) groups is 2. The first kappa shape index (κ1) is 23.7. The summed E-state index contributed by atoms with van der Waals surface area (Å²) in [6.07, 6.45) is 7.19. The first-order valence-electron chi connectivity index (χ1n) is 10.9. The molecular formula is C23H35N3O4. The fourth-order valence-electron chi connectivity index (χ4n) is 3.67. The van der Waals surface area contributed by atoms with Crippen LogP contribution >= 0.6 is 0 Å². The topological polar surface area (TPSA) is 114 Å². The van der Waals surface area contributed by atoms with Crippen LogP contribution in [0.15, 0.2) is 23.2 Å². The standard InChI is InChI=1S/C23H35N3O4/c1-16(26-23(24)25-2)6-5-7-18(27)15-19(28)12-10-17-11-13-21(29)22(14-17)30-20-8-3-4-9-20/h11,13-14,16,20,29H,3-10,12,15H2,1-2H3,(H3,24,25,26). The summed E-state index contributed by atoms with van der Waals surface area (Å²) in [7, 11) is 1.62. The number of rotatable bonds is 12. The van der Waals surface area contributed by atoms with Crippen molar-refractivity contribution in [3.63, 3.8) is 0 Å². The third-order valence-electron chi connectivity index (χ3n) is 5.43. The van der Waals surface area contributed by atoms with Crippen LogP contribution in [-0.4, -0.2) is 41.8 Å². The van der Waals surface area contributed by atoms with E-state index in [4.69, 9.17) is 10.5 Å². The number of hydrogen-bond donors (Lipinski definition) is 3. The van der Waals surface area contributed by atoms with Gasteiger partial charge in [-0.15, -0.1) is 0 Å². The van der Waals surface area contributed by atoms with E-state index in [-0.39, 0.29) is 35.9 Å². The molecule has 2 rings (SSSR count). The van der Waals surface area contributed by atoms with Crippen LogP contribution in [0.5, 0.6) is 11.5 Å². The molecule has 0 spiro atoms. The summed E-state index contributed by atoms with van der Waals surface area (Å²) < 4.78 is 5.90. The Hall–Kier alpha value is -2.57. The molecule has 0 bridgehead atoms. The van der Waals surface area contributed by atoms with Crippen LogP contribution in [0.4, 0.5) is 0 Å². The van der Waals surface area contributed by atoms with Crippen molar-refractivity contribution < 1.29 is 19.4 Å². The van der Waals surface area contributed by atoms with Gasteiger partial charge >= 0.3 is 0 Å². The fraction of sp³-hybridized carbons (Fsp3) is 0.609. The average molecular weight is 418 g/mol. The zero-order valence-corrected chi connectivity index (χ0v) is 18.2. The Kier molecular flexibility index (Phi) is 9.64. The third kappa shape index (κ3) is 8.43. The largest absolute Gasteiger partial charge is 0.504 e. The van der Waals surface area contributed by atoms with Gasteiger partial charge in [-0.25, -0.2) is 0 Å². The zero-order valence-electron chi connectivity index (χ0n) is 18.2. The minimum atomic E-state index is -0.0557. The molecule has 0 radical (unpaired) electrons. The van der Waals surface area contributed by atoms with E-state index in [0.717, 1.165) is 37.7 Å². The van der Waals surface area contributed by atoms with Gasteiger partial charge in [0.05, 0.1) is 12.5 Å². The number of phenolic OH excluding ortho intramolecular Hbond substituents is 1. The smallest absolute Gasteiger partial charge is 0.188 e. The maximum atomic E-state index is 12.2. The van der Waals surface area contributed by atoms with Crippen LogP contribution in [0, 0.1) is 0 Å². The second kappa shape index (κ2) is 12.2. The number of aryl methyl sites for hydroxylation is 1. The van der Waals surface area contributed by atoms with E-state index >= 15 is 0 Å². The molecule has 0 aromatic heterocycles. The highest BCUT2D eigenvalue weighted by Gasteiger charge is 2.18. The molecule has 1 aromatic rings. The highest BCUT2D eigenvalue weighted by atomic mass is 16.5. The first-order chi connectivity index (χ1) is 14.4. The number of ketones is 2. The third-order valence-corrected chi connectivity index (χ3v) is 5.43. The van der Waals surface area contributed by atoms with E-state index in [1.165, 1.54) is 0 Å². The van der Waals surface area contributed by atoms with Crippen molar-refractivity contribution in [2.45, 2.75) is 83.3 Å². The summed E-state index contributed by atoms with van der Waals surface area (Å²) in [5, 5.41) is 13.1. The van der Waals surface area contributed by atoms with Crippen molar-refractivity contribution in [3.05, 3.63) is 23.8 Å². The van der Waals surface area contributed by atoms with E-state index in [9.17, 15) is 14.7 Å². The molecule has 1 aliphatic rings. The molecule has 7 nitrogen and oxygen atoms in total. The Labute approximate surface area is 179 Å². The molecule has 0 heterocycles. The summed E-state index contributed by atoms with van der Waals surface area (Å²) in [4.78, 5) is 28.1. The van der Waals surface area contributed by atoms with Crippen LogP contribution in [0.2, 0.25) is 0 Å². The number of benzene rings is 1. The van der Waals surface area contributed by atoms with Gasteiger partial charge in [-0.2, -0.15) is 0 Å². The fourth-order valence-corrected chi connectivity index (χ4v) is 3.67. The second-order valence-corrected chi connectivity index (χ2v) is 8.13. The summed E-state index contributed by atoms with van der Waals surface area (Å²) >= 11 is 0. The van der Waals surface area contributed by atoms with Gasteiger partial charge in [-0.05, 0) is 69.6 Å². The summed E-state index contributed by atoms with van der Waals surface area (Å²) in [6.45, 7) is 1.98. The lowest BCUT2D eigenvalue weighted by molar-refractivity contribution is -0.127. The van der Waals surface area contributed by atoms with Gasteiger partial charge in [0.1, 0.15) is 11.6 Å². The molecule has 0 saturated heterocycles. The SMILES string of the molecule is CN=C(N)NC(C)CCCC(=O)CC(=O)CCc1ccc(O)c(OC2CCCC2)c1. The van der Waals surface area contributed by atoms with Crippen LogP contribution in [0.3, 0.4) is 0 Å². The number of nitrogens with one attached hydrogen (secondary N) is 1. The Morgan fingerprint density at radius 3 is 2.67 bits per heavy atom. The number of nitrogens with two attached hydrogens (primary N) is 1. The van der Waals surface area contributed by atoms with Crippen molar-refractivity contribution in [1.82, 2.24) is 5.32 Å². The Balaban J connectivity index is 1.70. The van der Waals surface area contributed by atoms with Crippen molar-refractivity contribution >= 4 is 17.5 Å². The molecule has 1 unspecified atom stereocenters. The Morgan fingerprint density at radius 2 is 1.97 bits per heavy atom. The van der Waals surface area contributed by atoms with Crippen molar-refractivity contribution in [1.29, 1.82) is 0 Å². The quantitative estimate of drug-likeness (QED) is 0.273. The molecule has 1 atom stereocenters. The molecular weight excluding hydrogens is 382 g/mol. The molecule has 1 aromatic carbocycles. The van der Waals surface area contributed by atoms with Gasteiger partial charge in [-0.3, -0.25) is 14.6 Å². The number of phenols is 1. The van der Waals surface area contributed by atoms with E-state index < -0.39 is 0 Å². The van der Waals surface area contributed by atoms with Crippen molar-refractivity contribution in [3.8, 4) is 11.5 Å². The van der Waals surface area contributed by atoms with Crippen LogP contribution in [0.1, 0.15) is 70.3 Å². The number of guanidine groups is 1. The molecule has 166 valence electrons. The number of aromatic hydroxyl groups is 1. The van der Waals surface area contributed by atoms with E-state index in [1.807, 2.05) is 13.0 Å². The molecule has 1 aliphatic carbocycles. The number of nitrogens with zero attached hydrogens (tertiary/aromatic N) is 1. The summed E-state index contributed by atoms with van der Waals surface area (Å²) in [5.74, 6) is 0.914. The van der Waals surface area contributed by atoms with E-state index in [1.54, 1.807) is 19.2 Å². The van der Waals surface area contributed by atoms with Crippen molar-refractivity contribution in [2.75, 3.05) is 7.05 Å². The predicted molar refractivity (Wildman–Crippen MR) is 118 cm³/mol. The number of aliphatic imine (C=N–C) groups is 1. The molecule has 4 N–H and O–H groups in total. The monoisotopic (exact) mass is 417 g/mol. The van der Waals surface area contributed by atoms with Gasteiger partial charge in [0.25, 0.3) is 0 Å². The Bertz CT molecular complexity index is 742. The van der Waals surface area contributed by atoms with Crippen LogP contribution in [0.25, 0.3) is 0 Å². The van der Waals surface area contributed by atoms with Crippen LogP contribution in [-0.2, 0) is 16.0 Å². The predicted octanol–water partition coefficient (Wildman–Crippen LogP) is 3.27. The zero-order chi connectivity index (χ0) is 21.9. The van der Waals surface area contributed by atoms with Crippen molar-refractivity contribution in [2.24, 2.45) is 10.7 Å². The lowest BCUT2D eigenvalue weighted by Crippen LogP contribution is -2.38. The number of Topliss-reactive ketones (excluding diaryl/α,β-unsaturated/α-hetero) is 2. The molecule has 0 amide bonds. The molecule has 7 heteroatoms. The van der Waals surface area contributed by atoms with Gasteiger partial charge in [0.2, 0.25) is 0 Å². The number of hydrogen-bond acceptors (Lipinski definition) is 5. The van der Waals surface area contributed by atoms with Gasteiger partial charge in [0, 0.05) is 25.9 Å². The van der Waals surface area contributed by atoms with Gasteiger partial charge < -0.3 is 20.9 Å². The van der Waals surface area contributed by atoms with Crippen LogP contribution < -0.4 is 15.8 Å². The highest BCUT2D eigenvalue weighted by Crippen LogP contribution is 2.32. The molecule has 1 fully saturated rings. The summed E-state index contributed by atoms with van der Waals surface area (Å²) in [5.41, 5.74) is 6.54. The van der Waals surface area contributed by atoms with Gasteiger partial charge in [-0.1, -0.05) is 6.07 Å². The van der Waals surface area contributed by atoms with E-state index in [2.05, 4.69) is 10.3 Å².